The Kier molecular flexibility index (Phi) is 4.24. The Labute approximate surface area is 173 Å². The first kappa shape index (κ1) is 18.6. The second-order valence-electron chi connectivity index (χ2n) is 8.21. The standard InChI is InChI=1S/C24H22N2O4/c1-24(21-13-18-8-4-5-9-20(18)30-21)22(28)26(23(29)25-24)14-19(27)17-11-10-15-6-2-3-7-16(15)12-17/h4-5,8-13H,2-3,6-7,14H2,1H3,(H,25,29). The van der Waals surface area contributed by atoms with Crippen LogP contribution in [0.25, 0.3) is 11.0 Å². The van der Waals surface area contributed by atoms with Crippen LogP contribution in [0.1, 0.15) is 47.0 Å². The van der Waals surface area contributed by atoms with E-state index in [1.54, 1.807) is 25.1 Å². The average Bonchev–Trinajstić information content (AvgIpc) is 3.29. The summed E-state index contributed by atoms with van der Waals surface area (Å²) in [5, 5.41) is 3.55. The third-order valence-corrected chi connectivity index (χ3v) is 6.17. The highest BCUT2D eigenvalue weighted by Crippen LogP contribution is 2.33. The highest BCUT2D eigenvalue weighted by atomic mass is 16.3. The van der Waals surface area contributed by atoms with Gasteiger partial charge in [-0.2, -0.15) is 0 Å². The number of carbonyl (C=O) groups is 3. The van der Waals surface area contributed by atoms with E-state index in [0.717, 1.165) is 29.5 Å². The van der Waals surface area contributed by atoms with Crippen LogP contribution < -0.4 is 5.32 Å². The lowest BCUT2D eigenvalue weighted by Gasteiger charge is -2.19. The number of hydrogen-bond donors (Lipinski definition) is 1. The molecule has 1 N–H and O–H groups in total. The van der Waals surface area contributed by atoms with Crippen molar-refractivity contribution < 1.29 is 18.8 Å². The summed E-state index contributed by atoms with van der Waals surface area (Å²) >= 11 is 0. The van der Waals surface area contributed by atoms with Crippen LogP contribution in [0.4, 0.5) is 4.79 Å². The maximum Gasteiger partial charge on any atom is 0.325 e. The Morgan fingerprint density at radius 3 is 2.63 bits per heavy atom. The highest BCUT2D eigenvalue weighted by molar-refractivity contribution is 6.11. The minimum absolute atomic E-state index is 0.249. The number of carbonyl (C=O) groups excluding carboxylic acids is 3. The topological polar surface area (TPSA) is 79.6 Å². The Morgan fingerprint density at radius 1 is 1.07 bits per heavy atom. The second kappa shape index (κ2) is 6.83. The molecule has 2 aliphatic rings. The maximum atomic E-state index is 13.1. The molecule has 1 unspecified atom stereocenters. The quantitative estimate of drug-likeness (QED) is 0.529. The zero-order chi connectivity index (χ0) is 20.9. The molecule has 0 spiro atoms. The van der Waals surface area contributed by atoms with Crippen molar-refractivity contribution in [3.8, 4) is 0 Å². The van der Waals surface area contributed by atoms with Crippen molar-refractivity contribution in [2.24, 2.45) is 0 Å². The zero-order valence-corrected chi connectivity index (χ0v) is 16.7. The van der Waals surface area contributed by atoms with Crippen LogP contribution in [-0.2, 0) is 23.2 Å². The lowest BCUT2D eigenvalue weighted by molar-refractivity contribution is -0.131. The molecule has 1 fully saturated rings. The van der Waals surface area contributed by atoms with Gasteiger partial charge in [-0.05, 0) is 61.9 Å². The van der Waals surface area contributed by atoms with Gasteiger partial charge in [0.2, 0.25) is 0 Å². The molecule has 1 aliphatic carbocycles. The first-order chi connectivity index (χ1) is 14.5. The molecule has 2 heterocycles. The van der Waals surface area contributed by atoms with E-state index >= 15 is 0 Å². The van der Waals surface area contributed by atoms with Gasteiger partial charge in [0.05, 0.1) is 6.54 Å². The van der Waals surface area contributed by atoms with E-state index < -0.39 is 17.5 Å². The molecule has 3 aromatic rings. The van der Waals surface area contributed by atoms with E-state index in [9.17, 15) is 14.4 Å². The summed E-state index contributed by atoms with van der Waals surface area (Å²) in [7, 11) is 0. The molecule has 3 amide bonds. The van der Waals surface area contributed by atoms with E-state index in [1.807, 2.05) is 30.3 Å². The number of aryl methyl sites for hydroxylation is 2. The molecule has 6 nitrogen and oxygen atoms in total. The van der Waals surface area contributed by atoms with Gasteiger partial charge in [-0.3, -0.25) is 14.5 Å². The number of urea groups is 1. The van der Waals surface area contributed by atoms with Crippen LogP contribution in [0.3, 0.4) is 0 Å². The van der Waals surface area contributed by atoms with Gasteiger partial charge in [-0.1, -0.05) is 30.3 Å². The van der Waals surface area contributed by atoms with Crippen molar-refractivity contribution in [3.63, 3.8) is 0 Å². The Balaban J connectivity index is 1.39. The molecule has 2 aromatic carbocycles. The molecule has 5 rings (SSSR count). The Hall–Kier alpha value is -3.41. The summed E-state index contributed by atoms with van der Waals surface area (Å²) in [4.78, 5) is 39.6. The molecule has 6 heteroatoms. The molecular weight excluding hydrogens is 380 g/mol. The van der Waals surface area contributed by atoms with E-state index in [0.29, 0.717) is 16.9 Å². The van der Waals surface area contributed by atoms with E-state index in [4.69, 9.17) is 4.42 Å². The van der Waals surface area contributed by atoms with E-state index in [-0.39, 0.29) is 12.3 Å². The second-order valence-corrected chi connectivity index (χ2v) is 8.21. The fourth-order valence-corrected chi connectivity index (χ4v) is 4.38. The predicted molar refractivity (Wildman–Crippen MR) is 111 cm³/mol. The summed E-state index contributed by atoms with van der Waals surface area (Å²) in [5.41, 5.74) is 2.31. The molecule has 0 bridgehead atoms. The molecule has 1 aliphatic heterocycles. The van der Waals surface area contributed by atoms with Gasteiger partial charge in [0, 0.05) is 10.9 Å². The molecule has 152 valence electrons. The third-order valence-electron chi connectivity index (χ3n) is 6.17. The van der Waals surface area contributed by atoms with Crippen LogP contribution in [0.15, 0.2) is 52.9 Å². The number of imide groups is 1. The van der Waals surface area contributed by atoms with Crippen molar-refractivity contribution in [1.82, 2.24) is 10.2 Å². The molecule has 1 saturated heterocycles. The van der Waals surface area contributed by atoms with Crippen LogP contribution in [0, 0.1) is 0 Å². The number of fused-ring (bicyclic) bond motifs is 2. The number of rotatable bonds is 4. The molecule has 1 aromatic heterocycles. The van der Waals surface area contributed by atoms with Crippen LogP contribution in [0.2, 0.25) is 0 Å². The summed E-state index contributed by atoms with van der Waals surface area (Å²) in [6.07, 6.45) is 4.28. The number of amides is 3. The van der Waals surface area contributed by atoms with Crippen LogP contribution in [0.5, 0.6) is 0 Å². The predicted octanol–water partition coefficient (Wildman–Crippen LogP) is 3.96. The lowest BCUT2D eigenvalue weighted by atomic mass is 9.89. The number of para-hydroxylation sites is 1. The van der Waals surface area contributed by atoms with Gasteiger partial charge < -0.3 is 9.73 Å². The van der Waals surface area contributed by atoms with Gasteiger partial charge in [-0.15, -0.1) is 0 Å². The smallest absolute Gasteiger partial charge is 0.325 e. The number of nitrogens with one attached hydrogen (secondary N) is 1. The number of nitrogens with zero attached hydrogens (tertiary/aromatic N) is 1. The minimum Gasteiger partial charge on any atom is -0.458 e. The number of furan rings is 1. The largest absolute Gasteiger partial charge is 0.458 e. The number of Topliss-reactive ketones (excluding diaryl/α,β-unsaturated/α-hetero) is 1. The lowest BCUT2D eigenvalue weighted by Crippen LogP contribution is -2.41. The van der Waals surface area contributed by atoms with Crippen molar-refractivity contribution in [3.05, 3.63) is 71.0 Å². The Morgan fingerprint density at radius 2 is 1.83 bits per heavy atom. The Bertz CT molecular complexity index is 1160. The van der Waals surface area contributed by atoms with Crippen molar-refractivity contribution in [1.29, 1.82) is 0 Å². The normalized spacial score (nSPS) is 21.0. The maximum absolute atomic E-state index is 13.1. The summed E-state index contributed by atoms with van der Waals surface area (Å²) in [6.45, 7) is 1.31. The fourth-order valence-electron chi connectivity index (χ4n) is 4.38. The van der Waals surface area contributed by atoms with E-state index in [2.05, 4.69) is 5.32 Å². The molecular formula is C24H22N2O4. The molecule has 1 atom stereocenters. The molecule has 0 saturated carbocycles. The molecule has 30 heavy (non-hydrogen) atoms. The van der Waals surface area contributed by atoms with Crippen LogP contribution >= 0.6 is 0 Å². The van der Waals surface area contributed by atoms with Gasteiger partial charge >= 0.3 is 6.03 Å². The van der Waals surface area contributed by atoms with Gasteiger partial charge in [0.1, 0.15) is 11.3 Å². The highest BCUT2D eigenvalue weighted by Gasteiger charge is 2.51. The average molecular weight is 402 g/mol. The first-order valence-electron chi connectivity index (χ1n) is 10.2. The van der Waals surface area contributed by atoms with E-state index in [1.165, 1.54) is 17.5 Å². The van der Waals surface area contributed by atoms with Gasteiger partial charge in [0.15, 0.2) is 11.3 Å². The summed E-state index contributed by atoms with van der Waals surface area (Å²) in [6, 6.07) is 14.3. The monoisotopic (exact) mass is 402 g/mol. The van der Waals surface area contributed by atoms with Crippen molar-refractivity contribution in [2.75, 3.05) is 6.54 Å². The summed E-state index contributed by atoms with van der Waals surface area (Å²) < 4.78 is 5.83. The minimum atomic E-state index is -1.34. The number of benzene rings is 2. The zero-order valence-electron chi connectivity index (χ0n) is 16.7. The van der Waals surface area contributed by atoms with Crippen molar-refractivity contribution >= 4 is 28.7 Å². The number of ketones is 1. The SMILES string of the molecule is CC1(c2cc3ccccc3o2)NC(=O)N(CC(=O)c2ccc3c(c2)CCCC3)C1=O. The first-order valence-corrected chi connectivity index (χ1v) is 10.2. The van der Waals surface area contributed by atoms with Gasteiger partial charge in [-0.25, -0.2) is 4.79 Å². The fraction of sp³-hybridized carbons (Fsp3) is 0.292. The van der Waals surface area contributed by atoms with Crippen molar-refractivity contribution in [2.45, 2.75) is 38.1 Å². The van der Waals surface area contributed by atoms with Crippen LogP contribution in [-0.4, -0.2) is 29.2 Å². The molecule has 0 radical (unpaired) electrons. The summed E-state index contributed by atoms with van der Waals surface area (Å²) in [5.74, 6) is -0.385. The number of hydrogen-bond acceptors (Lipinski definition) is 4. The van der Waals surface area contributed by atoms with Gasteiger partial charge in [0.25, 0.3) is 5.91 Å². The third kappa shape index (κ3) is 2.91.